The maximum absolute atomic E-state index is 11.8. The number of amides is 1. The second-order valence-electron chi connectivity index (χ2n) is 6.78. The van der Waals surface area contributed by atoms with E-state index in [4.69, 9.17) is 27.9 Å². The number of anilines is 1. The summed E-state index contributed by atoms with van der Waals surface area (Å²) in [6, 6.07) is 4.87. The molecule has 1 N–H and O–H groups in total. The summed E-state index contributed by atoms with van der Waals surface area (Å²) in [5, 5.41) is 4.45. The Labute approximate surface area is 169 Å². The Morgan fingerprint density at radius 2 is 1.92 bits per heavy atom. The second kappa shape index (κ2) is 8.87. The SMILES string of the molecule is CCOC=CC(=O)Nc1cc(Cl)c(SC2CC3CCC(C2)N3C)c(Cl)c1. The van der Waals surface area contributed by atoms with Crippen LogP contribution in [-0.2, 0) is 9.53 Å². The third-order valence-corrected chi connectivity index (χ3v) is 7.30. The van der Waals surface area contributed by atoms with Gasteiger partial charge in [-0.15, -0.1) is 11.8 Å². The van der Waals surface area contributed by atoms with Crippen molar-refractivity contribution in [2.24, 2.45) is 0 Å². The summed E-state index contributed by atoms with van der Waals surface area (Å²) < 4.78 is 5.02. The van der Waals surface area contributed by atoms with Gasteiger partial charge in [-0.2, -0.15) is 0 Å². The van der Waals surface area contributed by atoms with Crippen molar-refractivity contribution in [2.45, 2.75) is 54.8 Å². The Morgan fingerprint density at radius 3 is 2.50 bits per heavy atom. The fraction of sp³-hybridized carbons (Fsp3) is 0.526. The minimum Gasteiger partial charge on any atom is -0.501 e. The molecule has 142 valence electrons. The summed E-state index contributed by atoms with van der Waals surface area (Å²) >= 11 is 14.7. The number of rotatable bonds is 6. The molecule has 0 aromatic heterocycles. The van der Waals surface area contributed by atoms with Crippen LogP contribution in [-0.4, -0.2) is 41.8 Å². The number of hydrogen-bond acceptors (Lipinski definition) is 4. The van der Waals surface area contributed by atoms with Crippen LogP contribution in [0.25, 0.3) is 0 Å². The van der Waals surface area contributed by atoms with Gasteiger partial charge in [-0.3, -0.25) is 4.79 Å². The Morgan fingerprint density at radius 1 is 1.31 bits per heavy atom. The lowest BCUT2D eigenvalue weighted by molar-refractivity contribution is -0.112. The fourth-order valence-corrected chi connectivity index (χ4v) is 5.83. The van der Waals surface area contributed by atoms with Crippen LogP contribution in [0.15, 0.2) is 29.4 Å². The first kappa shape index (κ1) is 19.9. The van der Waals surface area contributed by atoms with Crippen molar-refractivity contribution in [3.05, 3.63) is 34.5 Å². The maximum Gasteiger partial charge on any atom is 0.251 e. The molecule has 2 heterocycles. The van der Waals surface area contributed by atoms with Gasteiger partial charge >= 0.3 is 0 Å². The zero-order valence-corrected chi connectivity index (χ0v) is 17.3. The van der Waals surface area contributed by atoms with E-state index in [-0.39, 0.29) is 5.91 Å². The number of carbonyl (C=O) groups is 1. The van der Waals surface area contributed by atoms with E-state index in [1.54, 1.807) is 23.9 Å². The first-order chi connectivity index (χ1) is 12.5. The van der Waals surface area contributed by atoms with Crippen LogP contribution in [0, 0.1) is 0 Å². The molecule has 4 nitrogen and oxygen atoms in total. The number of halogens is 2. The lowest BCUT2D eigenvalue weighted by atomic mass is 10.0. The zero-order chi connectivity index (χ0) is 18.7. The molecule has 2 atom stereocenters. The molecule has 7 heteroatoms. The standard InChI is InChI=1S/C19H24Cl2N2O2S/c1-3-25-7-6-18(24)22-12-8-16(20)19(17(21)9-12)26-15-10-13-4-5-14(11-15)23(13)2/h6-9,13-15H,3-5,10-11H2,1-2H3,(H,22,24). The number of fused-ring (bicyclic) bond motifs is 2. The summed E-state index contributed by atoms with van der Waals surface area (Å²) in [7, 11) is 2.24. The van der Waals surface area contributed by atoms with Gasteiger partial charge in [0.15, 0.2) is 0 Å². The number of carbonyl (C=O) groups excluding carboxylic acids is 1. The van der Waals surface area contributed by atoms with Crippen LogP contribution in [0.2, 0.25) is 10.0 Å². The van der Waals surface area contributed by atoms with Gasteiger partial charge in [0.05, 0.1) is 22.9 Å². The minimum absolute atomic E-state index is 0.280. The Balaban J connectivity index is 1.65. The van der Waals surface area contributed by atoms with Gasteiger partial charge in [0.1, 0.15) is 0 Å². The normalized spacial score (nSPS) is 25.6. The first-order valence-electron chi connectivity index (χ1n) is 8.94. The average Bonchev–Trinajstić information content (AvgIpc) is 2.80. The predicted octanol–water partition coefficient (Wildman–Crippen LogP) is 5.20. The van der Waals surface area contributed by atoms with Crippen LogP contribution < -0.4 is 5.32 Å². The molecular formula is C19H24Cl2N2O2S. The van der Waals surface area contributed by atoms with E-state index in [1.165, 1.54) is 38.0 Å². The molecule has 2 unspecified atom stereocenters. The van der Waals surface area contributed by atoms with Crippen molar-refractivity contribution < 1.29 is 9.53 Å². The van der Waals surface area contributed by atoms with Crippen molar-refractivity contribution in [3.63, 3.8) is 0 Å². The summed E-state index contributed by atoms with van der Waals surface area (Å²) in [5.41, 5.74) is 0.582. The summed E-state index contributed by atoms with van der Waals surface area (Å²) in [6.45, 7) is 2.37. The van der Waals surface area contributed by atoms with E-state index < -0.39 is 0 Å². The monoisotopic (exact) mass is 414 g/mol. The number of hydrogen-bond donors (Lipinski definition) is 1. The molecule has 2 bridgehead atoms. The summed E-state index contributed by atoms with van der Waals surface area (Å²) in [5.74, 6) is -0.280. The zero-order valence-electron chi connectivity index (χ0n) is 15.0. The maximum atomic E-state index is 11.8. The van der Waals surface area contributed by atoms with E-state index in [2.05, 4.69) is 17.3 Å². The molecule has 1 amide bonds. The number of ether oxygens (including phenoxy) is 1. The van der Waals surface area contributed by atoms with Gasteiger partial charge in [0, 0.05) is 34.0 Å². The molecule has 0 saturated carbocycles. The van der Waals surface area contributed by atoms with E-state index in [0.29, 0.717) is 39.7 Å². The van der Waals surface area contributed by atoms with E-state index in [9.17, 15) is 4.79 Å². The number of nitrogens with one attached hydrogen (secondary N) is 1. The average molecular weight is 415 g/mol. The number of benzene rings is 1. The highest BCUT2D eigenvalue weighted by molar-refractivity contribution is 8.00. The molecule has 26 heavy (non-hydrogen) atoms. The smallest absolute Gasteiger partial charge is 0.251 e. The highest BCUT2D eigenvalue weighted by Gasteiger charge is 2.39. The molecule has 2 saturated heterocycles. The van der Waals surface area contributed by atoms with E-state index in [1.807, 2.05) is 6.92 Å². The van der Waals surface area contributed by atoms with Crippen molar-refractivity contribution in [1.29, 1.82) is 0 Å². The molecule has 2 fully saturated rings. The Kier molecular flexibility index (Phi) is 6.78. The van der Waals surface area contributed by atoms with Gasteiger partial charge in [0.2, 0.25) is 0 Å². The molecule has 0 spiro atoms. The highest BCUT2D eigenvalue weighted by Crippen LogP contribution is 2.45. The van der Waals surface area contributed by atoms with Crippen molar-refractivity contribution >= 4 is 46.6 Å². The van der Waals surface area contributed by atoms with Crippen LogP contribution >= 0.6 is 35.0 Å². The molecule has 3 rings (SSSR count). The third kappa shape index (κ3) is 4.69. The molecule has 0 aliphatic carbocycles. The number of thioether (sulfide) groups is 1. The topological polar surface area (TPSA) is 41.6 Å². The molecule has 2 aliphatic rings. The molecule has 1 aromatic carbocycles. The third-order valence-electron chi connectivity index (χ3n) is 5.09. The predicted molar refractivity (Wildman–Crippen MR) is 109 cm³/mol. The first-order valence-corrected chi connectivity index (χ1v) is 10.6. The number of piperidine rings is 1. The van der Waals surface area contributed by atoms with Gasteiger partial charge in [-0.25, -0.2) is 0 Å². The van der Waals surface area contributed by atoms with Crippen LogP contribution in [0.3, 0.4) is 0 Å². The lowest BCUT2D eigenvalue weighted by Crippen LogP contribution is -2.40. The van der Waals surface area contributed by atoms with Gasteiger partial charge in [-0.05, 0) is 51.8 Å². The lowest BCUT2D eigenvalue weighted by Gasteiger charge is -2.36. The molecule has 2 aliphatic heterocycles. The minimum atomic E-state index is -0.280. The largest absolute Gasteiger partial charge is 0.501 e. The quantitative estimate of drug-likeness (QED) is 0.512. The van der Waals surface area contributed by atoms with Gasteiger partial charge in [0.25, 0.3) is 5.91 Å². The van der Waals surface area contributed by atoms with Crippen LogP contribution in [0.1, 0.15) is 32.6 Å². The van der Waals surface area contributed by atoms with Crippen molar-refractivity contribution in [2.75, 3.05) is 19.0 Å². The summed E-state index contributed by atoms with van der Waals surface area (Å²) in [4.78, 5) is 15.3. The second-order valence-corrected chi connectivity index (χ2v) is 8.90. The van der Waals surface area contributed by atoms with E-state index >= 15 is 0 Å². The number of nitrogens with zero attached hydrogens (tertiary/aromatic N) is 1. The molecule has 0 radical (unpaired) electrons. The highest BCUT2D eigenvalue weighted by atomic mass is 35.5. The summed E-state index contributed by atoms with van der Waals surface area (Å²) in [6.07, 6.45) is 7.63. The molecule has 1 aromatic rings. The fourth-order valence-electron chi connectivity index (χ4n) is 3.76. The van der Waals surface area contributed by atoms with Crippen molar-refractivity contribution in [1.82, 2.24) is 4.90 Å². The Hall–Kier alpha value is -0.880. The molecular weight excluding hydrogens is 391 g/mol. The Bertz CT molecular complexity index is 661. The van der Waals surface area contributed by atoms with Gasteiger partial charge < -0.3 is 15.0 Å². The van der Waals surface area contributed by atoms with Crippen LogP contribution in [0.4, 0.5) is 5.69 Å². The van der Waals surface area contributed by atoms with E-state index in [0.717, 1.165) is 4.90 Å². The van der Waals surface area contributed by atoms with Crippen LogP contribution in [0.5, 0.6) is 0 Å². The van der Waals surface area contributed by atoms with Gasteiger partial charge in [-0.1, -0.05) is 23.2 Å². The van der Waals surface area contributed by atoms with Crippen molar-refractivity contribution in [3.8, 4) is 0 Å².